The van der Waals surface area contributed by atoms with Crippen molar-refractivity contribution in [2.75, 3.05) is 53.2 Å². The van der Waals surface area contributed by atoms with E-state index in [9.17, 15) is 23.2 Å². The van der Waals surface area contributed by atoms with Gasteiger partial charge in [-0.2, -0.15) is 0 Å². The molecule has 2 N–H and O–H groups in total. The van der Waals surface area contributed by atoms with E-state index in [1.165, 1.54) is 23.3 Å². The third-order valence-electron chi connectivity index (χ3n) is 12.4. The van der Waals surface area contributed by atoms with Gasteiger partial charge in [0.25, 0.3) is 18.8 Å². The van der Waals surface area contributed by atoms with E-state index in [2.05, 4.69) is 58.0 Å². The summed E-state index contributed by atoms with van der Waals surface area (Å²) in [6.07, 6.45) is -0.494. The highest BCUT2D eigenvalue weighted by atomic mass is 32.1. The Labute approximate surface area is 377 Å². The third-order valence-corrected chi connectivity index (χ3v) is 13.3. The molecule has 4 fully saturated rings. The number of hydrazine groups is 1. The molecule has 0 spiro atoms. The van der Waals surface area contributed by atoms with Gasteiger partial charge >= 0.3 is 0 Å². The number of benzene rings is 1. The number of thiazole rings is 1. The molecule has 3 aliphatic heterocycles. The number of ether oxygens (including phenoxy) is 4. The first-order valence-corrected chi connectivity index (χ1v) is 22.9. The Bertz CT molecular complexity index is 2360. The van der Waals surface area contributed by atoms with Gasteiger partial charge in [-0.15, -0.1) is 11.3 Å². The van der Waals surface area contributed by atoms with Crippen molar-refractivity contribution in [3.8, 4) is 34.4 Å². The number of nitrogens with one attached hydrogen (secondary N) is 2. The molecule has 1 aliphatic carbocycles. The summed E-state index contributed by atoms with van der Waals surface area (Å²) >= 11 is 1.17. The van der Waals surface area contributed by atoms with Gasteiger partial charge in [-0.25, -0.2) is 19.2 Å². The van der Waals surface area contributed by atoms with Crippen LogP contribution in [-0.4, -0.2) is 120 Å². The van der Waals surface area contributed by atoms with Crippen molar-refractivity contribution in [1.29, 1.82) is 0 Å². The molecule has 344 valence electrons. The Hall–Kier alpha value is -4.83. The highest BCUT2D eigenvalue weighted by Gasteiger charge is 2.45. The molecule has 17 heteroatoms. The maximum atomic E-state index is 14.1. The molecule has 0 unspecified atom stereocenters. The van der Waals surface area contributed by atoms with E-state index in [0.29, 0.717) is 50.8 Å². The molecule has 4 aliphatic rings. The molecular formula is C47H59F2N7O7S. The summed E-state index contributed by atoms with van der Waals surface area (Å²) in [5, 5.41) is 7.23. The fraction of sp³-hybridized carbons (Fsp3) is 0.553. The summed E-state index contributed by atoms with van der Waals surface area (Å²) in [4.78, 5) is 50.3. The van der Waals surface area contributed by atoms with Crippen molar-refractivity contribution in [2.24, 2.45) is 11.3 Å². The van der Waals surface area contributed by atoms with Crippen molar-refractivity contribution < 1.29 is 42.1 Å². The number of amides is 2. The van der Waals surface area contributed by atoms with Crippen LogP contribution in [-0.2, 0) is 46.3 Å². The van der Waals surface area contributed by atoms with E-state index in [-0.39, 0.29) is 29.8 Å². The van der Waals surface area contributed by atoms with Gasteiger partial charge in [0.05, 0.1) is 49.0 Å². The number of morpholine rings is 1. The molecule has 14 nitrogen and oxygen atoms in total. The van der Waals surface area contributed by atoms with E-state index < -0.39 is 42.4 Å². The number of carbonyl (C=O) groups is 3. The molecule has 4 atom stereocenters. The average Bonchev–Trinajstić information content (AvgIpc) is 3.89. The second kappa shape index (κ2) is 20.6. The molecule has 1 saturated carbocycles. The Morgan fingerprint density at radius 2 is 1.94 bits per heavy atom. The molecule has 1 aromatic carbocycles. The highest BCUT2D eigenvalue weighted by Crippen LogP contribution is 2.43. The van der Waals surface area contributed by atoms with Crippen LogP contribution in [0.3, 0.4) is 0 Å². The van der Waals surface area contributed by atoms with Crippen LogP contribution in [0, 0.1) is 23.2 Å². The number of hydrogen-bond acceptors (Lipinski definition) is 12. The van der Waals surface area contributed by atoms with Crippen LogP contribution in [0.15, 0.2) is 35.8 Å². The van der Waals surface area contributed by atoms with Crippen LogP contribution < -0.4 is 10.7 Å². The third kappa shape index (κ3) is 10.5. The summed E-state index contributed by atoms with van der Waals surface area (Å²) in [6.45, 7) is 15.4. The predicted octanol–water partition coefficient (Wildman–Crippen LogP) is 6.32. The van der Waals surface area contributed by atoms with Gasteiger partial charge in [0.15, 0.2) is 0 Å². The molecule has 2 amide bonds. The van der Waals surface area contributed by atoms with E-state index in [0.717, 1.165) is 70.5 Å². The normalized spacial score (nSPS) is 19.6. The number of nitrogens with zero attached hydrogens (tertiary/aromatic N) is 5. The van der Waals surface area contributed by atoms with Gasteiger partial charge in [-0.3, -0.25) is 29.3 Å². The highest BCUT2D eigenvalue weighted by molar-refractivity contribution is 7.10. The van der Waals surface area contributed by atoms with Gasteiger partial charge in [-0.05, 0) is 69.7 Å². The maximum Gasteiger partial charge on any atom is 0.293 e. The zero-order valence-electron chi connectivity index (χ0n) is 37.6. The van der Waals surface area contributed by atoms with Crippen molar-refractivity contribution in [3.63, 3.8) is 0 Å². The first-order chi connectivity index (χ1) is 30.7. The minimum Gasteiger partial charge on any atom is -0.467 e. The Kier molecular flexibility index (Phi) is 15.1. The number of aryl methyl sites for hydroxylation is 1. The van der Waals surface area contributed by atoms with E-state index in [1.54, 1.807) is 13.3 Å². The smallest absolute Gasteiger partial charge is 0.293 e. The lowest BCUT2D eigenvalue weighted by Crippen LogP contribution is -2.66. The van der Waals surface area contributed by atoms with E-state index in [4.69, 9.17) is 28.9 Å². The summed E-state index contributed by atoms with van der Waals surface area (Å²) in [5.74, 6) is 6.34. The summed E-state index contributed by atoms with van der Waals surface area (Å²) in [7, 11) is 1.66. The molecule has 6 heterocycles. The Morgan fingerprint density at radius 1 is 1.17 bits per heavy atom. The molecule has 2 bridgehead atoms. The fourth-order valence-corrected chi connectivity index (χ4v) is 9.88. The molecule has 0 radical (unpaired) electrons. The lowest BCUT2D eigenvalue weighted by atomic mass is 9.78. The summed E-state index contributed by atoms with van der Waals surface area (Å²) in [6, 6.07) is 6.81. The number of carbonyl (C=O) groups excluding carboxylic acids is 3. The fourth-order valence-electron chi connectivity index (χ4n) is 8.97. The molecule has 64 heavy (non-hydrogen) atoms. The lowest BCUT2D eigenvalue weighted by molar-refractivity contribution is -0.156. The zero-order valence-corrected chi connectivity index (χ0v) is 38.4. The standard InChI is InChI=1S/C47H59F2N7O7S/c1-8-55-39-12-11-33(38-25-64-45(53-38)44(63-24-40(48)49)42(52-30(4)58)46(59)56-34-17-32(18-34)23-51-56)20-35(39)37(21-47(5,6)26-62-27-57)43(55)36-19-31(22-50-41(36)29(3)60-7)10-9-28(2)54-13-15-61-16-14-54/h11-12,19-20,22,25,27-29,32,34,40,42,44,51H,8,13-18,21,23-24,26H2,1-7H3,(H,52,58)/t28-,29+,32?,34?,42+,44+/m1/s1. The topological polar surface area (TPSA) is 149 Å². The largest absolute Gasteiger partial charge is 0.467 e. The second-order valence-electron chi connectivity index (χ2n) is 17.6. The number of alkyl halides is 2. The quantitative estimate of drug-likeness (QED) is 0.0854. The van der Waals surface area contributed by atoms with Crippen LogP contribution in [0.1, 0.15) is 88.4 Å². The Balaban J connectivity index is 1.33. The summed E-state index contributed by atoms with van der Waals surface area (Å²) in [5.41, 5.74) is 9.19. The van der Waals surface area contributed by atoms with Crippen LogP contribution in [0.4, 0.5) is 8.78 Å². The number of hydrogen-bond donors (Lipinski definition) is 2. The molecular weight excluding hydrogens is 845 g/mol. The van der Waals surface area contributed by atoms with Crippen LogP contribution >= 0.6 is 11.3 Å². The average molecular weight is 904 g/mol. The number of rotatable bonds is 18. The molecule has 3 aromatic heterocycles. The molecule has 4 aromatic rings. The van der Waals surface area contributed by atoms with Gasteiger partial charge in [0, 0.05) is 90.8 Å². The Morgan fingerprint density at radius 3 is 2.59 bits per heavy atom. The minimum atomic E-state index is -2.82. The van der Waals surface area contributed by atoms with E-state index in [1.807, 2.05) is 38.3 Å². The van der Waals surface area contributed by atoms with Gasteiger partial charge in [0.2, 0.25) is 5.91 Å². The van der Waals surface area contributed by atoms with E-state index >= 15 is 0 Å². The number of fused-ring (bicyclic) bond motifs is 3. The maximum absolute atomic E-state index is 14.1. The van der Waals surface area contributed by atoms with Gasteiger partial charge in [-0.1, -0.05) is 31.8 Å². The SMILES string of the molecule is CCn1c(-c2cc(C#C[C@@H](C)N3CCOCC3)cnc2[C@H](C)OC)c(CC(C)(C)COC=O)c2cc(-c3csc([C@@H](OCC(F)F)[C@H](NC(C)=O)C(=O)N4NCC5CC4C5)n3)ccc21. The first-order valence-electron chi connectivity index (χ1n) is 22.0. The molecule has 8 rings (SSSR count). The number of pyridine rings is 1. The summed E-state index contributed by atoms with van der Waals surface area (Å²) < 4.78 is 52.3. The van der Waals surface area contributed by atoms with Crippen molar-refractivity contribution in [2.45, 2.75) is 104 Å². The van der Waals surface area contributed by atoms with Gasteiger partial charge < -0.3 is 28.8 Å². The molecule has 3 saturated heterocycles. The van der Waals surface area contributed by atoms with Gasteiger partial charge in [0.1, 0.15) is 23.8 Å². The predicted molar refractivity (Wildman–Crippen MR) is 239 cm³/mol. The monoisotopic (exact) mass is 903 g/mol. The minimum absolute atomic E-state index is 0.0194. The number of aromatic nitrogens is 3. The second-order valence-corrected chi connectivity index (χ2v) is 18.5. The van der Waals surface area contributed by atoms with Crippen molar-refractivity contribution in [1.82, 2.24) is 35.2 Å². The zero-order chi connectivity index (χ0) is 45.7. The van der Waals surface area contributed by atoms with Crippen molar-refractivity contribution in [3.05, 3.63) is 57.7 Å². The van der Waals surface area contributed by atoms with Crippen LogP contribution in [0.5, 0.6) is 0 Å². The van der Waals surface area contributed by atoms with Crippen LogP contribution in [0.25, 0.3) is 33.4 Å². The number of methoxy groups -OCH3 is 1. The first kappa shape index (κ1) is 47.1. The van der Waals surface area contributed by atoms with Crippen LogP contribution in [0.2, 0.25) is 0 Å². The van der Waals surface area contributed by atoms with Crippen molar-refractivity contribution >= 4 is 40.5 Å². The number of halogens is 2. The lowest BCUT2D eigenvalue weighted by Gasteiger charge is -2.50.